The summed E-state index contributed by atoms with van der Waals surface area (Å²) >= 11 is 6.11. The zero-order chi connectivity index (χ0) is 19.5. The fourth-order valence-electron chi connectivity index (χ4n) is 3.00. The molecule has 3 aromatic heterocycles. The number of aromatic nitrogens is 3. The number of nitrogens with zero attached hydrogens (tertiary/aromatic N) is 2. The Morgan fingerprint density at radius 1 is 1.21 bits per heavy atom. The minimum absolute atomic E-state index is 0.369. The number of rotatable bonds is 5. The third kappa shape index (κ3) is 3.54. The second-order valence-electron chi connectivity index (χ2n) is 6.18. The van der Waals surface area contributed by atoms with E-state index in [1.807, 2.05) is 30.3 Å². The average Bonchev–Trinajstić information content (AvgIpc) is 3.15. The van der Waals surface area contributed by atoms with Crippen LogP contribution in [0.3, 0.4) is 0 Å². The van der Waals surface area contributed by atoms with E-state index in [2.05, 4.69) is 20.3 Å². The van der Waals surface area contributed by atoms with Crippen LogP contribution in [0.4, 0.5) is 5.82 Å². The maximum Gasteiger partial charge on any atom is 0.340 e. The lowest BCUT2D eigenvalue weighted by molar-refractivity contribution is 0.0601. The molecule has 0 saturated heterocycles. The van der Waals surface area contributed by atoms with Crippen LogP contribution in [0.15, 0.2) is 60.9 Å². The topological polar surface area (TPSA) is 79.9 Å². The number of carbonyl (C=O) groups excluding carboxylic acids is 1. The van der Waals surface area contributed by atoms with Gasteiger partial charge in [-0.25, -0.2) is 14.8 Å². The molecule has 2 N–H and O–H groups in total. The molecule has 0 bridgehead atoms. The predicted molar refractivity (Wildman–Crippen MR) is 109 cm³/mol. The van der Waals surface area contributed by atoms with Gasteiger partial charge in [0, 0.05) is 29.9 Å². The molecule has 4 aromatic rings. The Labute approximate surface area is 166 Å². The van der Waals surface area contributed by atoms with E-state index < -0.39 is 5.97 Å². The molecule has 0 amide bonds. The number of hydrogen-bond donors (Lipinski definition) is 2. The molecule has 28 heavy (non-hydrogen) atoms. The van der Waals surface area contributed by atoms with E-state index in [0.29, 0.717) is 34.3 Å². The largest absolute Gasteiger partial charge is 0.465 e. The van der Waals surface area contributed by atoms with Gasteiger partial charge in [0.25, 0.3) is 0 Å². The molecule has 0 spiro atoms. The number of anilines is 1. The van der Waals surface area contributed by atoms with Crippen LogP contribution in [-0.4, -0.2) is 28.0 Å². The van der Waals surface area contributed by atoms with Crippen LogP contribution in [0, 0.1) is 0 Å². The Bertz CT molecular complexity index is 1140. The van der Waals surface area contributed by atoms with E-state index in [4.69, 9.17) is 16.3 Å². The molecule has 140 valence electrons. The number of nitrogens with one attached hydrogen (secondary N) is 2. The zero-order valence-corrected chi connectivity index (χ0v) is 15.8. The molecule has 1 aromatic carbocycles. The first kappa shape index (κ1) is 18.0. The highest BCUT2D eigenvalue weighted by Gasteiger charge is 2.19. The first-order valence-corrected chi connectivity index (χ1v) is 9.03. The number of ether oxygens (including phenoxy) is 1. The Hall–Kier alpha value is -3.38. The monoisotopic (exact) mass is 392 g/mol. The first-order chi connectivity index (χ1) is 13.7. The van der Waals surface area contributed by atoms with Crippen molar-refractivity contribution in [1.82, 2.24) is 15.0 Å². The molecule has 0 aliphatic carbocycles. The number of halogens is 1. The van der Waals surface area contributed by atoms with Gasteiger partial charge < -0.3 is 15.0 Å². The van der Waals surface area contributed by atoms with Gasteiger partial charge in [0.2, 0.25) is 0 Å². The summed E-state index contributed by atoms with van der Waals surface area (Å²) in [6, 6.07) is 15.3. The van der Waals surface area contributed by atoms with Crippen molar-refractivity contribution in [2.45, 2.75) is 6.54 Å². The molecule has 0 aliphatic rings. The molecule has 0 aliphatic heterocycles. The third-order valence-corrected chi connectivity index (χ3v) is 4.58. The minimum atomic E-state index is -0.457. The summed E-state index contributed by atoms with van der Waals surface area (Å²) in [5.41, 5.74) is 3.40. The quantitative estimate of drug-likeness (QED) is 0.482. The maximum absolute atomic E-state index is 12.3. The second-order valence-corrected chi connectivity index (χ2v) is 6.61. The Balaban J connectivity index is 1.76. The van der Waals surface area contributed by atoms with Crippen LogP contribution < -0.4 is 5.32 Å². The standard InChI is InChI=1S/C21H17ClN4O2/c1-28-21(27)15-7-8-18(23-10-13-5-3-2-4-6-13)26-19(15)17-12-25-20-16(17)9-14(22)11-24-20/h2-9,11-12H,10H2,1H3,(H,23,26)(H,24,25). The molecule has 0 fully saturated rings. The van der Waals surface area contributed by atoms with Gasteiger partial charge >= 0.3 is 5.97 Å². The number of methoxy groups -OCH3 is 1. The summed E-state index contributed by atoms with van der Waals surface area (Å²) < 4.78 is 4.93. The lowest BCUT2D eigenvalue weighted by Crippen LogP contribution is -2.08. The number of fused-ring (bicyclic) bond motifs is 1. The van der Waals surface area contributed by atoms with Gasteiger partial charge in [-0.05, 0) is 23.8 Å². The Kier molecular flexibility index (Phi) is 4.95. The van der Waals surface area contributed by atoms with E-state index in [9.17, 15) is 4.79 Å². The fraction of sp³-hybridized carbons (Fsp3) is 0.0952. The Morgan fingerprint density at radius 3 is 2.82 bits per heavy atom. The molecule has 7 heteroatoms. The third-order valence-electron chi connectivity index (χ3n) is 4.37. The van der Waals surface area contributed by atoms with Crippen LogP contribution in [0.2, 0.25) is 5.02 Å². The number of carbonyl (C=O) groups is 1. The summed E-state index contributed by atoms with van der Waals surface area (Å²) in [6.45, 7) is 0.617. The lowest BCUT2D eigenvalue weighted by Gasteiger charge is -2.11. The summed E-state index contributed by atoms with van der Waals surface area (Å²) in [5.74, 6) is 0.192. The smallest absolute Gasteiger partial charge is 0.340 e. The number of aromatic amines is 1. The molecule has 3 heterocycles. The van der Waals surface area contributed by atoms with Crippen molar-refractivity contribution in [1.29, 1.82) is 0 Å². The Morgan fingerprint density at radius 2 is 2.04 bits per heavy atom. The van der Waals surface area contributed by atoms with E-state index in [-0.39, 0.29) is 0 Å². The molecule has 0 unspecified atom stereocenters. The highest BCUT2D eigenvalue weighted by atomic mass is 35.5. The first-order valence-electron chi connectivity index (χ1n) is 8.66. The van der Waals surface area contributed by atoms with Gasteiger partial charge in [0.15, 0.2) is 0 Å². The zero-order valence-electron chi connectivity index (χ0n) is 15.1. The van der Waals surface area contributed by atoms with Gasteiger partial charge in [-0.1, -0.05) is 41.9 Å². The molecule has 0 saturated carbocycles. The molecule has 0 atom stereocenters. The van der Waals surface area contributed by atoms with Crippen molar-refractivity contribution in [3.8, 4) is 11.3 Å². The average molecular weight is 393 g/mol. The summed E-state index contributed by atoms with van der Waals surface area (Å²) in [4.78, 5) is 24.3. The summed E-state index contributed by atoms with van der Waals surface area (Å²) in [7, 11) is 1.35. The van der Waals surface area contributed by atoms with Gasteiger partial charge in [-0.15, -0.1) is 0 Å². The van der Waals surface area contributed by atoms with E-state index in [1.54, 1.807) is 30.6 Å². The van der Waals surface area contributed by atoms with E-state index in [0.717, 1.165) is 16.5 Å². The van der Waals surface area contributed by atoms with Crippen LogP contribution in [0.25, 0.3) is 22.3 Å². The SMILES string of the molecule is COC(=O)c1ccc(NCc2ccccc2)nc1-c1c[nH]c2ncc(Cl)cc12. The molecule has 0 radical (unpaired) electrons. The highest BCUT2D eigenvalue weighted by molar-refractivity contribution is 6.31. The number of H-pyrrole nitrogens is 1. The van der Waals surface area contributed by atoms with Crippen molar-refractivity contribution in [3.05, 3.63) is 77.1 Å². The normalized spacial score (nSPS) is 10.8. The minimum Gasteiger partial charge on any atom is -0.465 e. The summed E-state index contributed by atoms with van der Waals surface area (Å²) in [6.07, 6.45) is 3.33. The maximum atomic E-state index is 12.3. The number of pyridine rings is 2. The fourth-order valence-corrected chi connectivity index (χ4v) is 3.16. The predicted octanol–water partition coefficient (Wildman–Crippen LogP) is 4.68. The van der Waals surface area contributed by atoms with Crippen molar-refractivity contribution >= 4 is 34.4 Å². The molecule has 6 nitrogen and oxygen atoms in total. The highest BCUT2D eigenvalue weighted by Crippen LogP contribution is 2.31. The van der Waals surface area contributed by atoms with E-state index in [1.165, 1.54) is 7.11 Å². The van der Waals surface area contributed by atoms with Crippen LogP contribution in [0.1, 0.15) is 15.9 Å². The van der Waals surface area contributed by atoms with Gasteiger partial charge in [0.1, 0.15) is 11.5 Å². The van der Waals surface area contributed by atoms with Crippen LogP contribution in [0.5, 0.6) is 0 Å². The van der Waals surface area contributed by atoms with Gasteiger partial charge in [0.05, 0.1) is 23.4 Å². The number of benzene rings is 1. The number of hydrogen-bond acceptors (Lipinski definition) is 5. The van der Waals surface area contributed by atoms with Crippen molar-refractivity contribution in [3.63, 3.8) is 0 Å². The summed E-state index contributed by atoms with van der Waals surface area (Å²) in [5, 5.41) is 4.58. The molecule has 4 rings (SSSR count). The van der Waals surface area contributed by atoms with Gasteiger partial charge in [-0.2, -0.15) is 0 Å². The molecular formula is C21H17ClN4O2. The number of esters is 1. The van der Waals surface area contributed by atoms with Gasteiger partial charge in [-0.3, -0.25) is 0 Å². The van der Waals surface area contributed by atoms with Crippen molar-refractivity contribution < 1.29 is 9.53 Å². The van der Waals surface area contributed by atoms with E-state index >= 15 is 0 Å². The van der Waals surface area contributed by atoms with Crippen LogP contribution in [-0.2, 0) is 11.3 Å². The van der Waals surface area contributed by atoms with Crippen molar-refractivity contribution in [2.24, 2.45) is 0 Å². The lowest BCUT2D eigenvalue weighted by atomic mass is 10.1. The second kappa shape index (κ2) is 7.70. The molecular weight excluding hydrogens is 376 g/mol. The van der Waals surface area contributed by atoms with Crippen molar-refractivity contribution in [2.75, 3.05) is 12.4 Å². The van der Waals surface area contributed by atoms with Crippen LogP contribution >= 0.6 is 11.6 Å².